The van der Waals surface area contributed by atoms with Gasteiger partial charge in [0.15, 0.2) is 16.6 Å². The smallest absolute Gasteiger partial charge is 0.257 e. The highest BCUT2D eigenvalue weighted by Crippen LogP contribution is 2.39. The van der Waals surface area contributed by atoms with Crippen LogP contribution in [0.4, 0.5) is 5.13 Å². The molecule has 154 valence electrons. The van der Waals surface area contributed by atoms with Crippen LogP contribution in [0, 0.1) is 0 Å². The minimum Gasteiger partial charge on any atom is -0.490 e. The maximum Gasteiger partial charge on any atom is 0.257 e. The number of nitrogens with one attached hydrogen (secondary N) is 1. The lowest BCUT2D eigenvalue weighted by molar-refractivity contribution is 0.102. The number of hydrogen-bond acceptors (Lipinski definition) is 6. The molecular weight excluding hydrogens is 388 g/mol. The number of nitrogens with zero attached hydrogens (tertiary/aromatic N) is 1. The summed E-state index contributed by atoms with van der Waals surface area (Å²) in [5, 5.41) is 3.47. The van der Waals surface area contributed by atoms with Crippen LogP contribution in [0.15, 0.2) is 30.3 Å². The Morgan fingerprint density at radius 1 is 1.00 bits per heavy atom. The van der Waals surface area contributed by atoms with E-state index in [1.807, 2.05) is 32.9 Å². The molecule has 0 atom stereocenters. The van der Waals surface area contributed by atoms with Crippen LogP contribution in [0.25, 0.3) is 10.2 Å². The van der Waals surface area contributed by atoms with E-state index in [0.29, 0.717) is 47.8 Å². The number of carbonyl (C=O) groups is 1. The Hall–Kier alpha value is -2.80. The number of aromatic nitrogens is 1. The third kappa shape index (κ3) is 4.62. The molecule has 29 heavy (non-hydrogen) atoms. The molecule has 0 saturated heterocycles. The highest BCUT2D eigenvalue weighted by atomic mass is 32.1. The Morgan fingerprint density at radius 2 is 1.66 bits per heavy atom. The lowest BCUT2D eigenvalue weighted by Gasteiger charge is -2.16. The van der Waals surface area contributed by atoms with Crippen LogP contribution in [-0.4, -0.2) is 30.7 Å². The van der Waals surface area contributed by atoms with Crippen LogP contribution in [0.1, 0.15) is 43.6 Å². The standard InChI is InChI=1S/C22H26N2O4S/c1-5-14-10-9-11-18-19(14)23-22(29-18)24-21(25)15-12-16(26-6-2)20(28-8-4)17(13-15)27-7-3/h9-13H,5-8H2,1-4H3,(H,23,24,25). The van der Waals surface area contributed by atoms with E-state index in [2.05, 4.69) is 23.3 Å². The molecule has 3 aromatic rings. The van der Waals surface area contributed by atoms with Gasteiger partial charge in [-0.2, -0.15) is 0 Å². The topological polar surface area (TPSA) is 69.7 Å². The normalized spacial score (nSPS) is 10.8. The number of thiazole rings is 1. The van der Waals surface area contributed by atoms with E-state index in [-0.39, 0.29) is 5.91 Å². The lowest BCUT2D eigenvalue weighted by atomic mass is 10.1. The van der Waals surface area contributed by atoms with Gasteiger partial charge in [-0.1, -0.05) is 30.4 Å². The van der Waals surface area contributed by atoms with Crippen molar-refractivity contribution >= 4 is 32.6 Å². The second-order valence-corrected chi connectivity index (χ2v) is 7.22. The number of rotatable bonds is 9. The largest absolute Gasteiger partial charge is 0.490 e. The van der Waals surface area contributed by atoms with Crippen LogP contribution in [0.3, 0.4) is 0 Å². The monoisotopic (exact) mass is 414 g/mol. The van der Waals surface area contributed by atoms with Crippen molar-refractivity contribution in [3.8, 4) is 17.2 Å². The maximum absolute atomic E-state index is 12.9. The number of benzene rings is 2. The van der Waals surface area contributed by atoms with Gasteiger partial charge in [-0.15, -0.1) is 0 Å². The van der Waals surface area contributed by atoms with Crippen LogP contribution >= 0.6 is 11.3 Å². The molecule has 0 fully saturated rings. The minimum absolute atomic E-state index is 0.271. The van der Waals surface area contributed by atoms with Crippen molar-refractivity contribution in [3.05, 3.63) is 41.5 Å². The zero-order valence-corrected chi connectivity index (χ0v) is 18.0. The summed E-state index contributed by atoms with van der Waals surface area (Å²) < 4.78 is 18.1. The summed E-state index contributed by atoms with van der Waals surface area (Å²) in [4.78, 5) is 17.5. The fraction of sp³-hybridized carbons (Fsp3) is 0.364. The number of aryl methyl sites for hydroxylation is 1. The third-order valence-electron chi connectivity index (χ3n) is 4.28. The van der Waals surface area contributed by atoms with Crippen molar-refractivity contribution in [3.63, 3.8) is 0 Å². The fourth-order valence-electron chi connectivity index (χ4n) is 3.03. The highest BCUT2D eigenvalue weighted by molar-refractivity contribution is 7.22. The molecule has 2 aromatic carbocycles. The first-order valence-electron chi connectivity index (χ1n) is 9.87. The van der Waals surface area contributed by atoms with E-state index in [0.717, 1.165) is 22.2 Å². The van der Waals surface area contributed by atoms with Gasteiger partial charge in [0.05, 0.1) is 30.0 Å². The van der Waals surface area contributed by atoms with Crippen LogP contribution in [-0.2, 0) is 6.42 Å². The van der Waals surface area contributed by atoms with Crippen molar-refractivity contribution in [2.24, 2.45) is 0 Å². The summed E-state index contributed by atoms with van der Waals surface area (Å²) >= 11 is 1.46. The first kappa shape index (κ1) is 20.9. The molecule has 1 heterocycles. The summed E-state index contributed by atoms with van der Waals surface area (Å²) in [6, 6.07) is 9.44. The van der Waals surface area contributed by atoms with E-state index in [4.69, 9.17) is 14.2 Å². The average Bonchev–Trinajstić information content (AvgIpc) is 3.12. The molecule has 0 spiro atoms. The molecule has 0 bridgehead atoms. The van der Waals surface area contributed by atoms with Crippen LogP contribution in [0.2, 0.25) is 0 Å². The van der Waals surface area contributed by atoms with Crippen molar-refractivity contribution in [2.75, 3.05) is 25.1 Å². The predicted molar refractivity (Wildman–Crippen MR) is 117 cm³/mol. The van der Waals surface area contributed by atoms with Gasteiger partial charge in [-0.25, -0.2) is 4.98 Å². The zero-order chi connectivity index (χ0) is 20.8. The quantitative estimate of drug-likeness (QED) is 0.514. The first-order valence-corrected chi connectivity index (χ1v) is 10.7. The third-order valence-corrected chi connectivity index (χ3v) is 5.21. The van der Waals surface area contributed by atoms with Crippen molar-refractivity contribution in [1.29, 1.82) is 0 Å². The lowest BCUT2D eigenvalue weighted by Crippen LogP contribution is -2.13. The Labute approximate surface area is 174 Å². The molecular formula is C22H26N2O4S. The molecule has 0 saturated carbocycles. The second kappa shape index (κ2) is 9.60. The van der Waals surface area contributed by atoms with Gasteiger partial charge in [0, 0.05) is 5.56 Å². The highest BCUT2D eigenvalue weighted by Gasteiger charge is 2.19. The van der Waals surface area contributed by atoms with Gasteiger partial charge in [0.2, 0.25) is 5.75 Å². The molecule has 1 amide bonds. The summed E-state index contributed by atoms with van der Waals surface area (Å²) in [6.45, 7) is 9.13. The van der Waals surface area contributed by atoms with Gasteiger partial charge < -0.3 is 14.2 Å². The van der Waals surface area contributed by atoms with Crippen LogP contribution in [0.5, 0.6) is 17.2 Å². The van der Waals surface area contributed by atoms with Gasteiger partial charge in [-0.3, -0.25) is 10.1 Å². The molecule has 0 aliphatic heterocycles. The fourth-order valence-corrected chi connectivity index (χ4v) is 3.94. The Bertz CT molecular complexity index is 973. The Balaban J connectivity index is 1.93. The predicted octanol–water partition coefficient (Wildman–Crippen LogP) is 5.31. The summed E-state index contributed by atoms with van der Waals surface area (Å²) in [5.74, 6) is 1.22. The maximum atomic E-state index is 12.9. The molecule has 3 rings (SSSR count). The number of carbonyl (C=O) groups excluding carboxylic acids is 1. The van der Waals surface area contributed by atoms with E-state index in [9.17, 15) is 4.79 Å². The number of hydrogen-bond donors (Lipinski definition) is 1. The SMILES string of the molecule is CCOc1cc(C(=O)Nc2nc3c(CC)cccc3s2)cc(OCC)c1OCC. The van der Waals surface area contributed by atoms with Gasteiger partial charge in [-0.05, 0) is 51.0 Å². The van der Waals surface area contributed by atoms with E-state index < -0.39 is 0 Å². The molecule has 0 unspecified atom stereocenters. The molecule has 0 aliphatic rings. The van der Waals surface area contributed by atoms with E-state index in [1.165, 1.54) is 11.3 Å². The van der Waals surface area contributed by atoms with Gasteiger partial charge in [0.1, 0.15) is 0 Å². The number of para-hydroxylation sites is 1. The number of fused-ring (bicyclic) bond motifs is 1. The zero-order valence-electron chi connectivity index (χ0n) is 17.2. The van der Waals surface area contributed by atoms with Gasteiger partial charge >= 0.3 is 0 Å². The molecule has 6 nitrogen and oxygen atoms in total. The summed E-state index contributed by atoms with van der Waals surface area (Å²) in [6.07, 6.45) is 0.892. The number of ether oxygens (including phenoxy) is 3. The average molecular weight is 415 g/mol. The molecule has 1 aromatic heterocycles. The Kier molecular flexibility index (Phi) is 6.93. The number of amides is 1. The summed E-state index contributed by atoms with van der Waals surface area (Å²) in [7, 11) is 0. The summed E-state index contributed by atoms with van der Waals surface area (Å²) in [5.41, 5.74) is 2.53. The van der Waals surface area contributed by atoms with Crippen molar-refractivity contribution in [2.45, 2.75) is 34.1 Å². The molecule has 1 N–H and O–H groups in total. The van der Waals surface area contributed by atoms with Crippen molar-refractivity contribution < 1.29 is 19.0 Å². The molecule has 0 aliphatic carbocycles. The second-order valence-electron chi connectivity index (χ2n) is 6.19. The first-order chi connectivity index (χ1) is 14.1. The van der Waals surface area contributed by atoms with Crippen LogP contribution < -0.4 is 19.5 Å². The Morgan fingerprint density at radius 3 is 2.24 bits per heavy atom. The van der Waals surface area contributed by atoms with Gasteiger partial charge in [0.25, 0.3) is 5.91 Å². The van der Waals surface area contributed by atoms with E-state index >= 15 is 0 Å². The van der Waals surface area contributed by atoms with E-state index in [1.54, 1.807) is 12.1 Å². The number of anilines is 1. The molecule has 7 heteroatoms. The minimum atomic E-state index is -0.271. The molecule has 0 radical (unpaired) electrons. The van der Waals surface area contributed by atoms with Crippen molar-refractivity contribution in [1.82, 2.24) is 4.98 Å².